The van der Waals surface area contributed by atoms with Crippen LogP contribution in [0.15, 0.2) is 65.8 Å². The first kappa shape index (κ1) is 33.2. The lowest BCUT2D eigenvalue weighted by Crippen LogP contribution is -2.25. The zero-order valence-corrected chi connectivity index (χ0v) is 25.1. The Bertz CT molecular complexity index is 1510. The number of halogens is 4. The maximum Gasteiger partial charge on any atom is 0.325 e. The van der Waals surface area contributed by atoms with E-state index in [-0.39, 0.29) is 18.7 Å². The van der Waals surface area contributed by atoms with Crippen LogP contribution in [0.4, 0.5) is 17.6 Å². The molecule has 0 radical (unpaired) electrons. The number of methoxy groups -OCH3 is 1. The summed E-state index contributed by atoms with van der Waals surface area (Å²) in [5, 5.41) is 0. The Morgan fingerprint density at radius 2 is 1.71 bits per heavy atom. The van der Waals surface area contributed by atoms with E-state index < -0.39 is 35.5 Å². The molecule has 0 spiro atoms. The molecule has 1 aromatic heterocycles. The maximum absolute atomic E-state index is 13.2. The number of hydrogen-bond donors (Lipinski definition) is 0. The minimum atomic E-state index is -3.95. The number of hydrogen-bond acceptors (Lipinski definition) is 4. The van der Waals surface area contributed by atoms with E-state index in [2.05, 4.69) is 11.8 Å². The van der Waals surface area contributed by atoms with Gasteiger partial charge in [0.05, 0.1) is 28.2 Å². The van der Waals surface area contributed by atoms with Crippen molar-refractivity contribution in [2.24, 2.45) is 0 Å². The summed E-state index contributed by atoms with van der Waals surface area (Å²) in [5.74, 6) is 1.52. The van der Waals surface area contributed by atoms with Crippen LogP contribution in [0, 0.1) is 16.4 Å². The van der Waals surface area contributed by atoms with Gasteiger partial charge >= 0.3 is 18.3 Å². The summed E-state index contributed by atoms with van der Waals surface area (Å²) in [6.07, 6.45) is 1.08. The van der Waals surface area contributed by atoms with Crippen molar-refractivity contribution in [2.75, 3.05) is 12.9 Å². The Morgan fingerprint density at radius 3 is 2.36 bits per heavy atom. The van der Waals surface area contributed by atoms with Gasteiger partial charge in [-0.25, -0.2) is 17.6 Å². The quantitative estimate of drug-likeness (QED) is 0.0636. The van der Waals surface area contributed by atoms with Crippen molar-refractivity contribution in [1.29, 1.82) is 0 Å². The van der Waals surface area contributed by atoms with E-state index in [0.717, 1.165) is 22.3 Å². The molecule has 1 unspecified atom stereocenters. The number of aromatic nitrogens is 1. The van der Waals surface area contributed by atoms with Crippen molar-refractivity contribution in [3.8, 4) is 34.1 Å². The van der Waals surface area contributed by atoms with Crippen LogP contribution in [0.5, 0.6) is 0 Å². The second-order valence-electron chi connectivity index (χ2n) is 9.71. The number of unbranched alkanes of at least 4 members (excludes halogenated alkanes) is 3. The predicted octanol–water partition coefficient (Wildman–Crippen LogP) is 8.25. The van der Waals surface area contributed by atoms with E-state index in [1.54, 1.807) is 10.8 Å². The standard InChI is InChI=1S/C32H33F4NO3S2/c1-3-23-17-25(19-26(18-23)42(39)16-12-7-5-4-6-11-15-32(35,36)31(33)34)28-21-37(22-29(38)40-2)20-27(30(28)41)24-13-9-8-10-14-24/h8-10,13-14,17-21,31H,3-6,11,15-16,22H2,1-2H3. The molecule has 3 aromatic rings. The van der Waals surface area contributed by atoms with Gasteiger partial charge in [0.15, 0.2) is 0 Å². The Hall–Kier alpha value is -3.29. The third-order valence-electron chi connectivity index (χ3n) is 6.61. The number of esters is 1. The number of carbonyl (C=O) groups is 1. The number of ether oxygens (including phenoxy) is 1. The second-order valence-corrected chi connectivity index (χ2v) is 11.6. The van der Waals surface area contributed by atoms with Crippen LogP contribution >= 0.6 is 12.2 Å². The fourth-order valence-corrected chi connectivity index (χ4v) is 5.55. The summed E-state index contributed by atoms with van der Waals surface area (Å²) >= 11 is 5.90. The van der Waals surface area contributed by atoms with E-state index >= 15 is 0 Å². The molecule has 0 N–H and O–H groups in total. The fraction of sp³-hybridized carbons (Fsp3) is 0.375. The lowest BCUT2D eigenvalue weighted by molar-refractivity contribution is -0.141. The Kier molecular flexibility index (Phi) is 12.5. The molecule has 0 aliphatic rings. The van der Waals surface area contributed by atoms with Crippen LogP contribution in [-0.4, -0.2) is 40.0 Å². The minimum Gasteiger partial charge on any atom is -0.468 e. The maximum atomic E-state index is 13.2. The SMILES string of the molecule is CCc1cc(-c2cn(CC(=O)OC)cc(-c3ccccc3)c2=S)cc(S(=O)CC#CCCCCCC(F)(F)C(F)F)c1. The van der Waals surface area contributed by atoms with E-state index in [1.165, 1.54) is 7.11 Å². The first-order valence-electron chi connectivity index (χ1n) is 13.6. The van der Waals surface area contributed by atoms with Crippen molar-refractivity contribution >= 4 is 29.0 Å². The van der Waals surface area contributed by atoms with Gasteiger partial charge in [-0.1, -0.05) is 67.9 Å². The third kappa shape index (κ3) is 9.36. The molecule has 10 heteroatoms. The van der Waals surface area contributed by atoms with Crippen LogP contribution in [0.2, 0.25) is 0 Å². The van der Waals surface area contributed by atoms with Gasteiger partial charge in [0.1, 0.15) is 6.54 Å². The van der Waals surface area contributed by atoms with Gasteiger partial charge in [0.2, 0.25) is 0 Å². The zero-order chi connectivity index (χ0) is 30.7. The normalized spacial score (nSPS) is 12.1. The topological polar surface area (TPSA) is 48.3 Å². The fourth-order valence-electron chi connectivity index (χ4n) is 4.27. The van der Waals surface area contributed by atoms with Gasteiger partial charge in [-0.05, 0) is 48.1 Å². The number of rotatable bonds is 13. The van der Waals surface area contributed by atoms with Crippen LogP contribution in [0.25, 0.3) is 22.3 Å². The van der Waals surface area contributed by atoms with Gasteiger partial charge in [-0.15, -0.1) is 5.92 Å². The molecule has 0 aliphatic carbocycles. The second kappa shape index (κ2) is 15.8. The molecule has 2 aromatic carbocycles. The van der Waals surface area contributed by atoms with Gasteiger partial charge in [-0.3, -0.25) is 9.00 Å². The molecule has 0 amide bonds. The molecule has 1 heterocycles. The molecule has 0 fully saturated rings. The Labute approximate surface area is 251 Å². The molecule has 0 saturated heterocycles. The minimum absolute atomic E-state index is 0.00452. The van der Waals surface area contributed by atoms with E-state index in [9.17, 15) is 26.6 Å². The molecule has 0 bridgehead atoms. The Balaban J connectivity index is 1.81. The smallest absolute Gasteiger partial charge is 0.325 e. The van der Waals surface area contributed by atoms with Crippen molar-refractivity contribution in [1.82, 2.24) is 4.57 Å². The number of aryl methyl sites for hydroxylation is 1. The Morgan fingerprint density at radius 1 is 1.02 bits per heavy atom. The molecule has 4 nitrogen and oxygen atoms in total. The van der Waals surface area contributed by atoms with Crippen molar-refractivity contribution < 1.29 is 31.3 Å². The van der Waals surface area contributed by atoms with Crippen molar-refractivity contribution in [3.05, 3.63) is 71.0 Å². The van der Waals surface area contributed by atoms with E-state index in [1.807, 2.05) is 61.7 Å². The first-order valence-corrected chi connectivity index (χ1v) is 15.3. The zero-order valence-electron chi connectivity index (χ0n) is 23.5. The molecular formula is C32H33F4NO3S2. The number of benzene rings is 2. The number of nitrogens with zero attached hydrogens (tertiary/aromatic N) is 1. The van der Waals surface area contributed by atoms with Gasteiger partial charge in [-0.2, -0.15) is 0 Å². The molecule has 42 heavy (non-hydrogen) atoms. The first-order chi connectivity index (χ1) is 20.1. The molecule has 0 aliphatic heterocycles. The van der Waals surface area contributed by atoms with Crippen LogP contribution in [0.1, 0.15) is 44.6 Å². The van der Waals surface area contributed by atoms with Crippen molar-refractivity contribution in [3.63, 3.8) is 0 Å². The van der Waals surface area contributed by atoms with Gasteiger partial charge in [0.25, 0.3) is 0 Å². The summed E-state index contributed by atoms with van der Waals surface area (Å²) in [5.41, 5.74) is 4.13. The summed E-state index contributed by atoms with van der Waals surface area (Å²) in [6.45, 7) is 1.99. The molecule has 224 valence electrons. The average molecular weight is 620 g/mol. The highest BCUT2D eigenvalue weighted by atomic mass is 32.2. The number of alkyl halides is 4. The highest BCUT2D eigenvalue weighted by Crippen LogP contribution is 2.32. The van der Waals surface area contributed by atoms with Gasteiger partial charge < -0.3 is 9.30 Å². The van der Waals surface area contributed by atoms with E-state index in [0.29, 0.717) is 40.7 Å². The van der Waals surface area contributed by atoms with Crippen molar-refractivity contribution in [2.45, 2.75) is 69.2 Å². The number of pyridine rings is 1. The third-order valence-corrected chi connectivity index (χ3v) is 8.22. The highest BCUT2D eigenvalue weighted by molar-refractivity contribution is 7.85. The highest BCUT2D eigenvalue weighted by Gasteiger charge is 2.39. The lowest BCUT2D eigenvalue weighted by atomic mass is 9.99. The summed E-state index contributed by atoms with van der Waals surface area (Å²) in [7, 11) is -0.110. The molecule has 3 rings (SSSR count). The summed E-state index contributed by atoms with van der Waals surface area (Å²) < 4.78 is 70.8. The molecular weight excluding hydrogens is 586 g/mol. The largest absolute Gasteiger partial charge is 0.468 e. The molecule has 1 atom stereocenters. The van der Waals surface area contributed by atoms with Crippen LogP contribution in [0.3, 0.4) is 0 Å². The molecule has 0 saturated carbocycles. The van der Waals surface area contributed by atoms with Gasteiger partial charge in [0, 0.05) is 41.3 Å². The van der Waals surface area contributed by atoms with Crippen LogP contribution in [-0.2, 0) is 33.3 Å². The monoisotopic (exact) mass is 619 g/mol. The summed E-state index contributed by atoms with van der Waals surface area (Å²) in [4.78, 5) is 12.7. The number of carbonyl (C=O) groups excluding carboxylic acids is 1. The average Bonchev–Trinajstić information content (AvgIpc) is 2.99. The van der Waals surface area contributed by atoms with Crippen LogP contribution < -0.4 is 0 Å². The lowest BCUT2D eigenvalue weighted by Gasteiger charge is -2.15. The summed E-state index contributed by atoms with van der Waals surface area (Å²) in [6, 6.07) is 15.3. The van der Waals surface area contributed by atoms with E-state index in [4.69, 9.17) is 17.0 Å². The predicted molar refractivity (Wildman–Crippen MR) is 161 cm³/mol.